The summed E-state index contributed by atoms with van der Waals surface area (Å²) in [4.78, 5) is 27.4. The molecule has 0 atom stereocenters. The van der Waals surface area contributed by atoms with Crippen LogP contribution in [0, 0.1) is 0 Å². The van der Waals surface area contributed by atoms with Crippen LogP contribution in [0.4, 0.5) is 4.79 Å². The summed E-state index contributed by atoms with van der Waals surface area (Å²) in [5.41, 5.74) is 0. The number of hydrogen-bond acceptors (Lipinski definition) is 7. The Hall–Kier alpha value is -0.0200. The smallest absolute Gasteiger partial charge is 0.445 e. The van der Waals surface area contributed by atoms with Gasteiger partial charge in [0.05, 0.1) is 12.9 Å². The molecule has 0 aliphatic carbocycles. The molecule has 0 rings (SSSR count). The fourth-order valence-electron chi connectivity index (χ4n) is 0.899. The van der Waals surface area contributed by atoms with Crippen molar-refractivity contribution in [1.82, 2.24) is 4.31 Å². The number of esters is 1. The summed E-state index contributed by atoms with van der Waals surface area (Å²) < 4.78 is 3.85. The fourth-order valence-corrected chi connectivity index (χ4v) is 3.09. The Bertz CT molecular complexity index is 391. The maximum Gasteiger partial charge on any atom is 0.445 e. The molecule has 0 aromatic carbocycles. The highest BCUT2D eigenvalue weighted by Crippen LogP contribution is 2.40. The van der Waals surface area contributed by atoms with E-state index in [0.717, 1.165) is 22.5 Å². The Morgan fingerprint density at radius 1 is 1.33 bits per heavy atom. The zero-order valence-corrected chi connectivity index (χ0v) is 15.5. The van der Waals surface area contributed by atoms with Gasteiger partial charge in [0.15, 0.2) is 0 Å². The van der Waals surface area contributed by atoms with Crippen LogP contribution in [-0.2, 0) is 14.4 Å². The average molecular weight is 398 g/mol. The van der Waals surface area contributed by atoms with Crippen molar-refractivity contribution in [1.29, 1.82) is 0 Å². The van der Waals surface area contributed by atoms with E-state index >= 15 is 0 Å². The van der Waals surface area contributed by atoms with Gasteiger partial charge in [0, 0.05) is 19.0 Å². The minimum Gasteiger partial charge on any atom is -0.468 e. The summed E-state index contributed by atoms with van der Waals surface area (Å²) in [7, 11) is 2.67. The molecule has 6 nitrogen and oxygen atoms in total. The monoisotopic (exact) mass is 396 g/mol. The quantitative estimate of drug-likeness (QED) is 0.128. The third-order valence-electron chi connectivity index (χ3n) is 1.77. The van der Waals surface area contributed by atoms with Crippen LogP contribution in [0.1, 0.15) is 19.8 Å². The Morgan fingerprint density at radius 2 is 1.95 bits per heavy atom. The molecule has 122 valence electrons. The topological polar surface area (TPSA) is 68.2 Å². The van der Waals surface area contributed by atoms with Crippen LogP contribution < -0.4 is 0 Å². The lowest BCUT2D eigenvalue weighted by Gasteiger charge is -2.18. The molecule has 0 aromatic heterocycles. The standard InChI is InChI=1S/C10H15Cl3N2O4S2/c1-4-5-7(20-6-8(16)18-3)14-19-9(17)15(2)21-10(11,12)13/h4-6H2,1-3H3/b14-7+. The van der Waals surface area contributed by atoms with Crippen LogP contribution in [0.2, 0.25) is 0 Å². The molecule has 0 aliphatic rings. The predicted molar refractivity (Wildman–Crippen MR) is 88.9 cm³/mol. The Morgan fingerprint density at radius 3 is 2.43 bits per heavy atom. The Balaban J connectivity index is 4.47. The first-order chi connectivity index (χ1) is 9.69. The number of carbonyl (C=O) groups is 2. The number of alkyl halides is 3. The lowest BCUT2D eigenvalue weighted by Crippen LogP contribution is -2.22. The molecule has 11 heteroatoms. The second-order valence-electron chi connectivity index (χ2n) is 3.49. The van der Waals surface area contributed by atoms with Crippen molar-refractivity contribution in [3.8, 4) is 0 Å². The first-order valence-corrected chi connectivity index (χ1v) is 8.56. The van der Waals surface area contributed by atoms with Crippen molar-refractivity contribution in [2.45, 2.75) is 22.9 Å². The predicted octanol–water partition coefficient (Wildman–Crippen LogP) is 4.05. The highest BCUT2D eigenvalue weighted by atomic mass is 35.6. The molecule has 0 saturated carbocycles. The second-order valence-corrected chi connectivity index (χ2v) is 8.84. The molecule has 0 unspecified atom stereocenters. The number of amides is 1. The molecule has 0 heterocycles. The van der Waals surface area contributed by atoms with E-state index in [9.17, 15) is 9.59 Å². The van der Waals surface area contributed by atoms with Crippen molar-refractivity contribution in [3.05, 3.63) is 0 Å². The number of carbonyl (C=O) groups excluding carboxylic acids is 2. The molecular weight excluding hydrogens is 383 g/mol. The van der Waals surface area contributed by atoms with Gasteiger partial charge in [-0.15, -0.1) is 0 Å². The first kappa shape index (κ1) is 21.0. The van der Waals surface area contributed by atoms with E-state index in [1.165, 1.54) is 14.2 Å². The summed E-state index contributed by atoms with van der Waals surface area (Å²) in [6.45, 7) is 1.93. The van der Waals surface area contributed by atoms with Crippen LogP contribution in [-0.4, -0.2) is 44.4 Å². The summed E-state index contributed by atoms with van der Waals surface area (Å²) in [5.74, 6) is -0.301. The second kappa shape index (κ2) is 10.7. The van der Waals surface area contributed by atoms with Crippen LogP contribution in [0.5, 0.6) is 0 Å². The van der Waals surface area contributed by atoms with Gasteiger partial charge >= 0.3 is 12.1 Å². The molecule has 0 spiro atoms. The number of rotatable bonds is 6. The van der Waals surface area contributed by atoms with Gasteiger partial charge < -0.3 is 4.74 Å². The van der Waals surface area contributed by atoms with Gasteiger partial charge in [0.2, 0.25) is 0 Å². The number of nitrogens with zero attached hydrogens (tertiary/aromatic N) is 2. The zero-order valence-electron chi connectivity index (χ0n) is 11.6. The van der Waals surface area contributed by atoms with E-state index in [0.29, 0.717) is 23.4 Å². The number of ether oxygens (including phenoxy) is 1. The van der Waals surface area contributed by atoms with Crippen LogP contribution in [0.3, 0.4) is 0 Å². The third kappa shape index (κ3) is 11.2. The SMILES string of the molecule is CCC/C(=N\OC(=O)N(C)SC(Cl)(Cl)Cl)SCC(=O)OC. The average Bonchev–Trinajstić information content (AvgIpc) is 2.39. The van der Waals surface area contributed by atoms with E-state index in [2.05, 4.69) is 9.89 Å². The molecule has 0 aromatic rings. The Labute approximate surface area is 146 Å². The van der Waals surface area contributed by atoms with Gasteiger partial charge in [-0.05, 0) is 12.8 Å². The minimum absolute atomic E-state index is 0.0889. The molecule has 21 heavy (non-hydrogen) atoms. The number of hydrogen-bond donors (Lipinski definition) is 0. The van der Waals surface area contributed by atoms with Crippen LogP contribution in [0.25, 0.3) is 0 Å². The van der Waals surface area contributed by atoms with Crippen molar-refractivity contribution in [3.63, 3.8) is 0 Å². The van der Waals surface area contributed by atoms with E-state index in [4.69, 9.17) is 39.6 Å². The number of halogens is 3. The maximum atomic E-state index is 11.6. The minimum atomic E-state index is -1.68. The highest BCUT2D eigenvalue weighted by molar-refractivity contribution is 8.14. The molecule has 0 aliphatic heterocycles. The van der Waals surface area contributed by atoms with E-state index in [-0.39, 0.29) is 11.7 Å². The molecule has 0 saturated heterocycles. The molecule has 0 N–H and O–H groups in total. The first-order valence-electron chi connectivity index (χ1n) is 5.66. The Kier molecular flexibility index (Phi) is 10.7. The van der Waals surface area contributed by atoms with Crippen molar-refractivity contribution in [2.24, 2.45) is 5.16 Å². The lowest BCUT2D eigenvalue weighted by molar-refractivity contribution is -0.137. The summed E-state index contributed by atoms with van der Waals surface area (Å²) in [6, 6.07) is 0. The normalized spacial score (nSPS) is 12.0. The third-order valence-corrected chi connectivity index (χ3v) is 4.01. The number of methoxy groups -OCH3 is 1. The zero-order chi connectivity index (χ0) is 16.5. The van der Waals surface area contributed by atoms with Crippen LogP contribution in [0.15, 0.2) is 5.16 Å². The summed E-state index contributed by atoms with van der Waals surface area (Å²) in [6.07, 6.45) is 0.554. The van der Waals surface area contributed by atoms with Gasteiger partial charge in [-0.1, -0.05) is 58.6 Å². The van der Waals surface area contributed by atoms with Gasteiger partial charge in [-0.25, -0.2) is 9.10 Å². The van der Waals surface area contributed by atoms with E-state index < -0.39 is 9.22 Å². The molecule has 0 fully saturated rings. The summed E-state index contributed by atoms with van der Waals surface area (Å²) in [5, 5.41) is 4.21. The number of thioether (sulfide) groups is 1. The maximum absolute atomic E-state index is 11.6. The van der Waals surface area contributed by atoms with Gasteiger partial charge in [0.1, 0.15) is 5.04 Å². The highest BCUT2D eigenvalue weighted by Gasteiger charge is 2.27. The van der Waals surface area contributed by atoms with Gasteiger partial charge in [-0.2, -0.15) is 0 Å². The van der Waals surface area contributed by atoms with Gasteiger partial charge in [0.25, 0.3) is 3.12 Å². The van der Waals surface area contributed by atoms with E-state index in [1.54, 1.807) is 0 Å². The summed E-state index contributed by atoms with van der Waals surface area (Å²) >= 11 is 18.4. The van der Waals surface area contributed by atoms with Gasteiger partial charge in [-0.3, -0.25) is 9.63 Å². The molecule has 0 bridgehead atoms. The largest absolute Gasteiger partial charge is 0.468 e. The van der Waals surface area contributed by atoms with Crippen molar-refractivity contribution >= 4 is 75.6 Å². The fraction of sp³-hybridized carbons (Fsp3) is 0.700. The van der Waals surface area contributed by atoms with E-state index in [1.807, 2.05) is 6.92 Å². The van der Waals surface area contributed by atoms with Crippen molar-refractivity contribution < 1.29 is 19.2 Å². The lowest BCUT2D eigenvalue weighted by atomic mass is 10.4. The van der Waals surface area contributed by atoms with Crippen molar-refractivity contribution in [2.75, 3.05) is 19.9 Å². The molecular formula is C10H15Cl3N2O4S2. The molecule has 1 amide bonds. The number of oxime groups is 1. The molecule has 0 radical (unpaired) electrons. The van der Waals surface area contributed by atoms with Crippen LogP contribution >= 0.6 is 58.5 Å².